The van der Waals surface area contributed by atoms with Crippen LogP contribution in [0.1, 0.15) is 12.8 Å². The molecule has 0 radical (unpaired) electrons. The summed E-state index contributed by atoms with van der Waals surface area (Å²) in [6.45, 7) is 0.696. The quantitative estimate of drug-likeness (QED) is 0.106. The van der Waals surface area contributed by atoms with Crippen molar-refractivity contribution in [2.24, 2.45) is 16.6 Å². The lowest BCUT2D eigenvalue weighted by molar-refractivity contribution is -0.147. The Bertz CT molecular complexity index is 275. The molecule has 0 saturated heterocycles. The monoisotopic (exact) mass is 281 g/mol. The average molecular weight is 281 g/mol. The van der Waals surface area contributed by atoms with Crippen molar-refractivity contribution in [3.8, 4) is 0 Å². The number of aliphatic hydroxyl groups is 2. The van der Waals surface area contributed by atoms with Crippen molar-refractivity contribution < 1.29 is 34.5 Å². The predicted octanol–water partition coefficient (Wildman–Crippen LogP) is -2.43. The van der Waals surface area contributed by atoms with Gasteiger partial charge in [-0.15, -0.1) is 0 Å². The normalized spacial score (nSPS) is 8.95. The lowest BCUT2D eigenvalue weighted by atomic mass is 10.3. The van der Waals surface area contributed by atoms with Crippen molar-refractivity contribution in [1.82, 2.24) is 0 Å². The maximum atomic E-state index is 10.5. The second-order valence-electron chi connectivity index (χ2n) is 2.93. The van der Waals surface area contributed by atoms with Gasteiger partial charge in [0.25, 0.3) is 0 Å². The van der Waals surface area contributed by atoms with Crippen LogP contribution in [0.2, 0.25) is 0 Å². The Labute approximate surface area is 109 Å². The number of rotatable bonds is 8. The molecular formula is C9H19N3O7. The first-order valence-electron chi connectivity index (χ1n) is 5.24. The smallest absolute Gasteiger partial charge is 0.335 e. The highest BCUT2D eigenvalue weighted by molar-refractivity contribution is 5.79. The van der Waals surface area contributed by atoms with Gasteiger partial charge in [0.1, 0.15) is 0 Å². The van der Waals surface area contributed by atoms with Crippen molar-refractivity contribution in [3.63, 3.8) is 0 Å². The van der Waals surface area contributed by atoms with Crippen LogP contribution in [-0.2, 0) is 19.2 Å². The number of hydrogen-bond acceptors (Lipinski definition) is 7. The molecule has 0 atom stereocenters. The van der Waals surface area contributed by atoms with Crippen LogP contribution in [0.3, 0.4) is 0 Å². The van der Waals surface area contributed by atoms with Crippen LogP contribution < -0.4 is 11.5 Å². The molecule has 112 valence electrons. The van der Waals surface area contributed by atoms with E-state index in [4.69, 9.17) is 26.8 Å². The van der Waals surface area contributed by atoms with E-state index in [1.807, 2.05) is 0 Å². The fourth-order valence-electron chi connectivity index (χ4n) is 0.589. The largest absolute Gasteiger partial charge is 0.481 e. The third-order valence-corrected chi connectivity index (χ3v) is 1.27. The molecule has 10 nitrogen and oxygen atoms in total. The molecule has 0 saturated carbocycles. The van der Waals surface area contributed by atoms with Gasteiger partial charge in [0, 0.05) is 0 Å². The number of nitrogens with two attached hydrogens (primary N) is 2. The SMILES string of the molecule is NC(N)=NOC(=O)CCC(=O)O.OCCOCCO. The number of oxime groups is 1. The van der Waals surface area contributed by atoms with Gasteiger partial charge in [-0.05, 0) is 5.16 Å². The molecule has 0 bridgehead atoms. The van der Waals surface area contributed by atoms with Crippen LogP contribution in [0.5, 0.6) is 0 Å². The van der Waals surface area contributed by atoms with Crippen molar-refractivity contribution in [1.29, 1.82) is 0 Å². The number of carboxylic acid groups (broad SMARTS) is 1. The lowest BCUT2D eigenvalue weighted by Gasteiger charge is -1.94. The standard InChI is InChI=1S/C5H9N3O4.C4H10O3/c6-5(7)8-12-4(11)2-1-3(9)10;5-1-3-7-4-2-6/h1-2H2,(H,9,10)(H4,6,7,8);5-6H,1-4H2. The van der Waals surface area contributed by atoms with Crippen LogP contribution in [0, 0.1) is 0 Å². The minimum atomic E-state index is -1.09. The lowest BCUT2D eigenvalue weighted by Crippen LogP contribution is -2.23. The van der Waals surface area contributed by atoms with E-state index < -0.39 is 17.9 Å². The van der Waals surface area contributed by atoms with Crippen LogP contribution in [0.4, 0.5) is 0 Å². The number of hydrogen-bond donors (Lipinski definition) is 5. The zero-order valence-electron chi connectivity index (χ0n) is 10.3. The van der Waals surface area contributed by atoms with E-state index in [0.717, 1.165) is 0 Å². The molecule has 0 aromatic carbocycles. The molecule has 0 aliphatic carbocycles. The summed E-state index contributed by atoms with van der Waals surface area (Å²) in [6.07, 6.45) is -0.565. The van der Waals surface area contributed by atoms with E-state index in [2.05, 4.69) is 14.7 Å². The molecule has 0 fully saturated rings. The number of guanidine groups is 1. The zero-order valence-corrected chi connectivity index (χ0v) is 10.3. The highest BCUT2D eigenvalue weighted by Gasteiger charge is 2.05. The number of ether oxygens (including phenoxy) is 1. The van der Waals surface area contributed by atoms with Gasteiger partial charge < -0.3 is 36.4 Å². The fourth-order valence-corrected chi connectivity index (χ4v) is 0.589. The third-order valence-electron chi connectivity index (χ3n) is 1.27. The van der Waals surface area contributed by atoms with Gasteiger partial charge in [0.2, 0.25) is 5.96 Å². The Morgan fingerprint density at radius 2 is 1.58 bits per heavy atom. The number of carbonyl (C=O) groups excluding carboxylic acids is 1. The summed E-state index contributed by atoms with van der Waals surface area (Å²) >= 11 is 0. The molecule has 0 aliphatic rings. The molecule has 0 unspecified atom stereocenters. The number of nitrogens with zero attached hydrogens (tertiary/aromatic N) is 1. The van der Waals surface area contributed by atoms with E-state index >= 15 is 0 Å². The molecule has 0 heterocycles. The molecule has 0 aliphatic heterocycles. The maximum absolute atomic E-state index is 10.5. The number of aliphatic carboxylic acids is 1. The summed E-state index contributed by atoms with van der Waals surface area (Å²) in [5.74, 6) is -2.26. The number of carboxylic acids is 1. The van der Waals surface area contributed by atoms with E-state index in [0.29, 0.717) is 13.2 Å². The molecular weight excluding hydrogens is 262 g/mol. The Kier molecular flexibility index (Phi) is 14.5. The Hall–Kier alpha value is -1.91. The van der Waals surface area contributed by atoms with Crippen molar-refractivity contribution in [2.75, 3.05) is 26.4 Å². The average Bonchev–Trinajstić information content (AvgIpc) is 2.35. The second-order valence-corrected chi connectivity index (χ2v) is 2.93. The van der Waals surface area contributed by atoms with E-state index in [-0.39, 0.29) is 26.1 Å². The van der Waals surface area contributed by atoms with Gasteiger partial charge in [-0.3, -0.25) is 4.79 Å². The molecule has 7 N–H and O–H groups in total. The first-order valence-corrected chi connectivity index (χ1v) is 5.24. The Morgan fingerprint density at radius 1 is 1.05 bits per heavy atom. The van der Waals surface area contributed by atoms with Crippen LogP contribution in [0.25, 0.3) is 0 Å². The van der Waals surface area contributed by atoms with Gasteiger partial charge in [-0.2, -0.15) is 0 Å². The first-order chi connectivity index (χ1) is 8.93. The summed E-state index contributed by atoms with van der Waals surface area (Å²) < 4.78 is 4.63. The number of aliphatic hydroxyl groups excluding tert-OH is 2. The predicted molar refractivity (Wildman–Crippen MR) is 63.8 cm³/mol. The number of carbonyl (C=O) groups is 2. The third kappa shape index (κ3) is 21.9. The molecule has 19 heavy (non-hydrogen) atoms. The topological polar surface area (TPSA) is 178 Å². The van der Waals surface area contributed by atoms with Crippen LogP contribution in [0.15, 0.2) is 5.16 Å². The molecule has 0 rings (SSSR count). The second kappa shape index (κ2) is 14.2. The molecule has 10 heteroatoms. The minimum Gasteiger partial charge on any atom is -0.481 e. The van der Waals surface area contributed by atoms with Gasteiger partial charge in [-0.1, -0.05) is 0 Å². The fraction of sp³-hybridized carbons (Fsp3) is 0.667. The van der Waals surface area contributed by atoms with E-state index in [1.165, 1.54) is 0 Å². The van der Waals surface area contributed by atoms with Crippen LogP contribution in [-0.4, -0.2) is 59.6 Å². The maximum Gasteiger partial charge on any atom is 0.335 e. The van der Waals surface area contributed by atoms with Gasteiger partial charge in [0.05, 0.1) is 39.3 Å². The van der Waals surface area contributed by atoms with Gasteiger partial charge in [0.15, 0.2) is 0 Å². The molecule has 0 aromatic heterocycles. The summed E-state index contributed by atoms with van der Waals surface area (Å²) in [5.41, 5.74) is 9.66. The highest BCUT2D eigenvalue weighted by Crippen LogP contribution is 1.92. The van der Waals surface area contributed by atoms with Crippen LogP contribution >= 0.6 is 0 Å². The van der Waals surface area contributed by atoms with Crippen molar-refractivity contribution >= 4 is 17.9 Å². The summed E-state index contributed by atoms with van der Waals surface area (Å²) in [7, 11) is 0. The summed E-state index contributed by atoms with van der Waals surface area (Å²) in [4.78, 5) is 24.6. The van der Waals surface area contributed by atoms with Gasteiger partial charge >= 0.3 is 11.9 Å². The highest BCUT2D eigenvalue weighted by atomic mass is 16.7. The minimum absolute atomic E-state index is 0.0278. The van der Waals surface area contributed by atoms with Crippen molar-refractivity contribution in [3.05, 3.63) is 0 Å². The van der Waals surface area contributed by atoms with Gasteiger partial charge in [-0.25, -0.2) is 4.79 Å². The van der Waals surface area contributed by atoms with Crippen molar-refractivity contribution in [2.45, 2.75) is 12.8 Å². The first kappa shape index (κ1) is 19.4. The summed E-state index contributed by atoms with van der Waals surface area (Å²) in [6, 6.07) is 0. The molecule has 0 amide bonds. The summed E-state index contributed by atoms with van der Waals surface area (Å²) in [5, 5.41) is 27.3. The Morgan fingerprint density at radius 3 is 1.95 bits per heavy atom. The Balaban J connectivity index is 0. The molecule has 0 spiro atoms. The zero-order chi connectivity index (χ0) is 15.1. The van der Waals surface area contributed by atoms with E-state index in [9.17, 15) is 9.59 Å². The van der Waals surface area contributed by atoms with E-state index in [1.54, 1.807) is 0 Å². The molecule has 0 aromatic rings.